The molecule has 21 heavy (non-hydrogen) atoms. The molecule has 1 aliphatic rings. The summed E-state index contributed by atoms with van der Waals surface area (Å²) in [6, 6.07) is 11.6. The molecule has 1 aromatic carbocycles. The molecule has 5 nitrogen and oxygen atoms in total. The van der Waals surface area contributed by atoms with Crippen molar-refractivity contribution in [3.05, 3.63) is 47.8 Å². The topological polar surface area (TPSA) is 67.2 Å². The molecule has 0 spiro atoms. The van der Waals surface area contributed by atoms with E-state index in [1.807, 2.05) is 30.3 Å². The van der Waals surface area contributed by atoms with E-state index >= 15 is 0 Å². The van der Waals surface area contributed by atoms with E-state index in [0.717, 1.165) is 29.2 Å². The number of anilines is 1. The normalized spacial score (nSPS) is 16.3. The van der Waals surface area contributed by atoms with Gasteiger partial charge in [0.1, 0.15) is 18.4 Å². The highest BCUT2D eigenvalue weighted by atomic mass is 16.5. The van der Waals surface area contributed by atoms with E-state index in [1.54, 1.807) is 19.4 Å². The Balaban J connectivity index is 1.73. The van der Waals surface area contributed by atoms with E-state index < -0.39 is 0 Å². The average Bonchev–Trinajstić information content (AvgIpc) is 2.54. The largest absolute Gasteiger partial charge is 0.493 e. The number of nitrogens with one attached hydrogen (secondary N) is 1. The van der Waals surface area contributed by atoms with Crippen molar-refractivity contribution in [1.82, 2.24) is 4.98 Å². The number of nitriles is 1. The molecule has 0 saturated carbocycles. The number of nitrogens with zero attached hydrogens (tertiary/aromatic N) is 2. The van der Waals surface area contributed by atoms with Crippen LogP contribution in [0.2, 0.25) is 0 Å². The van der Waals surface area contributed by atoms with Crippen LogP contribution in [0.1, 0.15) is 11.3 Å². The van der Waals surface area contributed by atoms with Gasteiger partial charge in [0.15, 0.2) is 11.5 Å². The van der Waals surface area contributed by atoms with Crippen LogP contribution in [0.4, 0.5) is 5.69 Å². The van der Waals surface area contributed by atoms with Gasteiger partial charge in [-0.25, -0.2) is 4.98 Å². The SMILES string of the molecule is COc1cccc2c1OCC(Nc1ccc(C#N)nc1)C2. The molecule has 1 unspecified atom stereocenters. The Labute approximate surface area is 123 Å². The lowest BCUT2D eigenvalue weighted by Crippen LogP contribution is -2.33. The summed E-state index contributed by atoms with van der Waals surface area (Å²) in [6.45, 7) is 0.563. The highest BCUT2D eigenvalue weighted by Gasteiger charge is 2.22. The number of ether oxygens (including phenoxy) is 2. The van der Waals surface area contributed by atoms with E-state index in [4.69, 9.17) is 14.7 Å². The van der Waals surface area contributed by atoms with Crippen LogP contribution in [-0.4, -0.2) is 24.7 Å². The molecular weight excluding hydrogens is 266 g/mol. The Morgan fingerprint density at radius 1 is 1.38 bits per heavy atom. The fourth-order valence-electron chi connectivity index (χ4n) is 2.43. The van der Waals surface area contributed by atoms with Crippen LogP contribution in [0, 0.1) is 11.3 Å². The Morgan fingerprint density at radius 3 is 3.00 bits per heavy atom. The van der Waals surface area contributed by atoms with Crippen LogP contribution in [0.3, 0.4) is 0 Å². The summed E-state index contributed by atoms with van der Waals surface area (Å²) < 4.78 is 11.1. The highest BCUT2D eigenvalue weighted by molar-refractivity contribution is 5.50. The summed E-state index contributed by atoms with van der Waals surface area (Å²) in [4.78, 5) is 4.05. The van der Waals surface area contributed by atoms with Crippen molar-refractivity contribution < 1.29 is 9.47 Å². The van der Waals surface area contributed by atoms with Gasteiger partial charge >= 0.3 is 0 Å². The van der Waals surface area contributed by atoms with Gasteiger partial charge in [-0.2, -0.15) is 5.26 Å². The fraction of sp³-hybridized carbons (Fsp3) is 0.250. The maximum atomic E-state index is 8.74. The summed E-state index contributed by atoms with van der Waals surface area (Å²) in [5.41, 5.74) is 2.42. The third-order valence-corrected chi connectivity index (χ3v) is 3.42. The van der Waals surface area contributed by atoms with Crippen LogP contribution >= 0.6 is 0 Å². The molecule has 3 rings (SSSR count). The number of hydrogen-bond donors (Lipinski definition) is 1. The number of pyridine rings is 1. The van der Waals surface area contributed by atoms with Crippen LogP contribution in [0.15, 0.2) is 36.5 Å². The number of rotatable bonds is 3. The van der Waals surface area contributed by atoms with Gasteiger partial charge in [0.2, 0.25) is 0 Å². The van der Waals surface area contributed by atoms with Crippen molar-refractivity contribution in [2.24, 2.45) is 0 Å². The smallest absolute Gasteiger partial charge is 0.164 e. The molecule has 0 aliphatic carbocycles. The van der Waals surface area contributed by atoms with Gasteiger partial charge in [-0.3, -0.25) is 0 Å². The van der Waals surface area contributed by atoms with E-state index in [9.17, 15) is 0 Å². The predicted octanol–water partition coefficient (Wildman–Crippen LogP) is 2.38. The molecule has 0 radical (unpaired) electrons. The Morgan fingerprint density at radius 2 is 2.29 bits per heavy atom. The van der Waals surface area contributed by atoms with Crippen molar-refractivity contribution in [2.45, 2.75) is 12.5 Å². The molecular formula is C16H15N3O2. The number of para-hydroxylation sites is 1. The third kappa shape index (κ3) is 2.75. The van der Waals surface area contributed by atoms with E-state index in [2.05, 4.69) is 10.3 Å². The lowest BCUT2D eigenvalue weighted by molar-refractivity contribution is 0.256. The zero-order valence-corrected chi connectivity index (χ0v) is 11.7. The van der Waals surface area contributed by atoms with E-state index in [-0.39, 0.29) is 6.04 Å². The second kappa shape index (κ2) is 5.71. The minimum absolute atomic E-state index is 0.166. The number of benzene rings is 1. The van der Waals surface area contributed by atoms with Gasteiger partial charge in [-0.05, 0) is 24.6 Å². The van der Waals surface area contributed by atoms with Gasteiger partial charge in [-0.15, -0.1) is 0 Å². The van der Waals surface area contributed by atoms with Gasteiger partial charge < -0.3 is 14.8 Å². The molecule has 2 heterocycles. The summed E-state index contributed by atoms with van der Waals surface area (Å²) in [6.07, 6.45) is 2.52. The number of aromatic nitrogens is 1. The zero-order chi connectivity index (χ0) is 14.7. The maximum absolute atomic E-state index is 8.74. The molecule has 1 N–H and O–H groups in total. The molecule has 106 valence electrons. The number of fused-ring (bicyclic) bond motifs is 1. The minimum atomic E-state index is 0.166. The number of hydrogen-bond acceptors (Lipinski definition) is 5. The Hall–Kier alpha value is -2.74. The van der Waals surface area contributed by atoms with Crippen LogP contribution < -0.4 is 14.8 Å². The standard InChI is InChI=1S/C16H15N3O2/c1-20-15-4-2-3-11-7-14(10-21-16(11)15)19-13-6-5-12(8-17)18-9-13/h2-6,9,14,19H,7,10H2,1H3. The third-order valence-electron chi connectivity index (χ3n) is 3.42. The Bertz CT molecular complexity index is 677. The van der Waals surface area contributed by atoms with Crippen LogP contribution in [0.5, 0.6) is 11.5 Å². The molecule has 1 atom stereocenters. The molecule has 0 amide bonds. The van der Waals surface area contributed by atoms with Crippen LogP contribution in [-0.2, 0) is 6.42 Å². The predicted molar refractivity (Wildman–Crippen MR) is 78.6 cm³/mol. The summed E-state index contributed by atoms with van der Waals surface area (Å²) in [5.74, 6) is 1.60. The van der Waals surface area contributed by atoms with Crippen LogP contribution in [0.25, 0.3) is 0 Å². The first kappa shape index (κ1) is 13.3. The molecule has 1 aliphatic heterocycles. The summed E-state index contributed by atoms with van der Waals surface area (Å²) in [5, 5.41) is 12.1. The average molecular weight is 281 g/mol. The monoisotopic (exact) mass is 281 g/mol. The minimum Gasteiger partial charge on any atom is -0.493 e. The molecule has 1 aromatic heterocycles. The molecule has 0 fully saturated rings. The summed E-state index contributed by atoms with van der Waals surface area (Å²) in [7, 11) is 1.64. The second-order valence-electron chi connectivity index (χ2n) is 4.85. The van der Waals surface area contributed by atoms with Crippen molar-refractivity contribution in [3.8, 4) is 17.6 Å². The summed E-state index contributed by atoms with van der Waals surface area (Å²) >= 11 is 0. The maximum Gasteiger partial charge on any atom is 0.164 e. The number of methoxy groups -OCH3 is 1. The Kier molecular flexibility index (Phi) is 3.61. The van der Waals surface area contributed by atoms with Gasteiger partial charge in [0, 0.05) is 5.56 Å². The molecule has 0 bridgehead atoms. The van der Waals surface area contributed by atoms with Gasteiger partial charge in [-0.1, -0.05) is 12.1 Å². The lowest BCUT2D eigenvalue weighted by atomic mass is 10.0. The van der Waals surface area contributed by atoms with Crippen molar-refractivity contribution in [3.63, 3.8) is 0 Å². The van der Waals surface area contributed by atoms with Crippen molar-refractivity contribution in [2.75, 3.05) is 19.0 Å². The molecule has 0 saturated heterocycles. The fourth-order valence-corrected chi connectivity index (χ4v) is 2.43. The first-order valence-electron chi connectivity index (χ1n) is 6.71. The molecule has 5 heteroatoms. The lowest BCUT2D eigenvalue weighted by Gasteiger charge is -2.27. The quantitative estimate of drug-likeness (QED) is 0.935. The second-order valence-corrected chi connectivity index (χ2v) is 4.85. The zero-order valence-electron chi connectivity index (χ0n) is 11.7. The van der Waals surface area contributed by atoms with E-state index in [1.165, 1.54) is 0 Å². The van der Waals surface area contributed by atoms with Gasteiger partial charge in [0.25, 0.3) is 0 Å². The first-order valence-corrected chi connectivity index (χ1v) is 6.71. The van der Waals surface area contributed by atoms with E-state index in [0.29, 0.717) is 12.3 Å². The van der Waals surface area contributed by atoms with Crippen molar-refractivity contribution >= 4 is 5.69 Å². The molecule has 2 aromatic rings. The van der Waals surface area contributed by atoms with Gasteiger partial charge in [0.05, 0.1) is 25.0 Å². The highest BCUT2D eigenvalue weighted by Crippen LogP contribution is 2.34. The van der Waals surface area contributed by atoms with Crippen molar-refractivity contribution in [1.29, 1.82) is 5.26 Å². The first-order chi connectivity index (χ1) is 10.3.